The molecule has 0 aliphatic carbocycles. The second-order valence-electron chi connectivity index (χ2n) is 10.7. The first kappa shape index (κ1) is 27.9. The van der Waals surface area contributed by atoms with Crippen molar-refractivity contribution in [1.29, 1.82) is 0 Å². The molecule has 5 rings (SSSR count). The summed E-state index contributed by atoms with van der Waals surface area (Å²) in [5, 5.41) is 17.5. The van der Waals surface area contributed by atoms with Crippen LogP contribution in [0.1, 0.15) is 75.4 Å². The van der Waals surface area contributed by atoms with Gasteiger partial charge in [-0.05, 0) is 74.6 Å². The number of carbonyl (C=O) groups is 2. The van der Waals surface area contributed by atoms with Crippen LogP contribution in [0, 0.1) is 27.7 Å². The normalized spacial score (nSPS) is 12.8. The number of nitrogens with zero attached hydrogens (tertiary/aromatic N) is 1. The van der Waals surface area contributed by atoms with Gasteiger partial charge in [-0.2, -0.15) is 0 Å². The number of rotatable bonds is 10. The van der Waals surface area contributed by atoms with E-state index in [4.69, 9.17) is 8.94 Å². The van der Waals surface area contributed by atoms with Gasteiger partial charge in [0.05, 0.1) is 18.2 Å². The number of benzene rings is 3. The van der Waals surface area contributed by atoms with E-state index in [1.54, 1.807) is 0 Å². The fraction of sp³-hybridized carbons (Fsp3) is 0.265. The molecule has 41 heavy (non-hydrogen) atoms. The highest BCUT2D eigenvalue weighted by molar-refractivity contribution is 5.83. The van der Waals surface area contributed by atoms with E-state index < -0.39 is 5.97 Å². The van der Waals surface area contributed by atoms with E-state index in [9.17, 15) is 14.7 Å². The molecular formula is C34H34N2O5. The van der Waals surface area contributed by atoms with E-state index in [-0.39, 0.29) is 30.7 Å². The van der Waals surface area contributed by atoms with E-state index in [0.29, 0.717) is 29.2 Å². The first-order chi connectivity index (χ1) is 19.7. The van der Waals surface area contributed by atoms with Crippen LogP contribution in [0.15, 0.2) is 81.7 Å². The van der Waals surface area contributed by atoms with Crippen LogP contribution in [0.25, 0.3) is 11.0 Å². The molecule has 7 nitrogen and oxygen atoms in total. The average Bonchev–Trinajstić information content (AvgIpc) is 3.51. The molecule has 0 aliphatic heterocycles. The Morgan fingerprint density at radius 3 is 2.41 bits per heavy atom. The molecule has 0 aliphatic rings. The minimum absolute atomic E-state index is 0.0137. The molecule has 1 amide bonds. The van der Waals surface area contributed by atoms with Crippen molar-refractivity contribution in [3.05, 3.63) is 123 Å². The predicted molar refractivity (Wildman–Crippen MR) is 157 cm³/mol. The Labute approximate surface area is 239 Å². The van der Waals surface area contributed by atoms with Crippen LogP contribution in [0.5, 0.6) is 0 Å². The SMILES string of the molecule is Cc1ccc(C(NC(=O)Cc2ccc3oc(C(CCC(=O)O)c4c(C)noc4C)cc3c2)c2ccccc2)c(C)c1. The van der Waals surface area contributed by atoms with Crippen molar-refractivity contribution < 1.29 is 23.6 Å². The summed E-state index contributed by atoms with van der Waals surface area (Å²) in [6, 6.07) is 23.7. The summed E-state index contributed by atoms with van der Waals surface area (Å²) in [5.74, 6) is 0.0300. The van der Waals surface area contributed by atoms with Crippen LogP contribution >= 0.6 is 0 Å². The van der Waals surface area contributed by atoms with E-state index in [1.165, 1.54) is 5.56 Å². The van der Waals surface area contributed by atoms with E-state index >= 15 is 0 Å². The zero-order valence-corrected chi connectivity index (χ0v) is 23.7. The number of carboxylic acid groups (broad SMARTS) is 1. The molecule has 0 fully saturated rings. The molecular weight excluding hydrogens is 516 g/mol. The molecule has 210 valence electrons. The van der Waals surface area contributed by atoms with Crippen LogP contribution in [0.4, 0.5) is 0 Å². The molecule has 0 bridgehead atoms. The highest BCUT2D eigenvalue weighted by Gasteiger charge is 2.26. The lowest BCUT2D eigenvalue weighted by Crippen LogP contribution is -2.31. The standard InChI is InChI=1S/C34H34N2O5/c1-20-10-12-27(21(2)16-20)34(25-8-6-5-7-9-25)35-31(37)18-24-11-14-29-26(17-24)19-30(40-29)28(13-15-32(38)39)33-22(3)36-41-23(33)4/h5-12,14,16-17,19,28,34H,13,15,18H2,1-4H3,(H,35,37)(H,38,39). The van der Waals surface area contributed by atoms with Crippen LogP contribution in [-0.2, 0) is 16.0 Å². The number of aryl methyl sites for hydroxylation is 4. The number of nitrogens with one attached hydrogen (secondary N) is 1. The van der Waals surface area contributed by atoms with Crippen LogP contribution in [0.2, 0.25) is 0 Å². The van der Waals surface area contributed by atoms with Crippen LogP contribution in [-0.4, -0.2) is 22.1 Å². The molecule has 0 radical (unpaired) electrons. The molecule has 3 aromatic carbocycles. The van der Waals surface area contributed by atoms with E-state index in [0.717, 1.165) is 33.2 Å². The molecule has 2 heterocycles. The maximum Gasteiger partial charge on any atom is 0.303 e. The van der Waals surface area contributed by atoms with Gasteiger partial charge >= 0.3 is 5.97 Å². The van der Waals surface area contributed by atoms with Crippen molar-refractivity contribution in [3.63, 3.8) is 0 Å². The summed E-state index contributed by atoms with van der Waals surface area (Å²) >= 11 is 0. The Kier molecular flexibility index (Phi) is 8.06. The summed E-state index contributed by atoms with van der Waals surface area (Å²) in [6.45, 7) is 7.80. The average molecular weight is 551 g/mol. The van der Waals surface area contributed by atoms with Crippen molar-refractivity contribution in [2.24, 2.45) is 0 Å². The molecule has 0 saturated carbocycles. The van der Waals surface area contributed by atoms with Gasteiger partial charge in [0.15, 0.2) is 0 Å². The first-order valence-corrected chi connectivity index (χ1v) is 13.8. The van der Waals surface area contributed by atoms with Gasteiger partial charge in [-0.25, -0.2) is 0 Å². The van der Waals surface area contributed by atoms with E-state index in [1.807, 2.05) is 68.4 Å². The Hall–Kier alpha value is -4.65. The molecule has 7 heteroatoms. The van der Waals surface area contributed by atoms with Crippen molar-refractivity contribution in [2.75, 3.05) is 0 Å². The van der Waals surface area contributed by atoms with Crippen LogP contribution < -0.4 is 5.32 Å². The van der Waals surface area contributed by atoms with Gasteiger partial charge < -0.3 is 19.4 Å². The topological polar surface area (TPSA) is 106 Å². The molecule has 2 N–H and O–H groups in total. The molecule has 2 unspecified atom stereocenters. The molecule has 0 saturated heterocycles. The quantitative estimate of drug-likeness (QED) is 0.192. The summed E-state index contributed by atoms with van der Waals surface area (Å²) in [6.07, 6.45) is 0.545. The maximum absolute atomic E-state index is 13.4. The van der Waals surface area contributed by atoms with Gasteiger partial charge in [0.25, 0.3) is 0 Å². The van der Waals surface area contributed by atoms with Gasteiger partial charge in [-0.15, -0.1) is 0 Å². The van der Waals surface area contributed by atoms with Crippen molar-refractivity contribution in [2.45, 2.75) is 58.9 Å². The Balaban J connectivity index is 1.40. The van der Waals surface area contributed by atoms with Gasteiger partial charge in [0.1, 0.15) is 17.1 Å². The number of hydrogen-bond acceptors (Lipinski definition) is 5. The zero-order chi connectivity index (χ0) is 29.1. The third kappa shape index (κ3) is 6.24. The lowest BCUT2D eigenvalue weighted by molar-refractivity contribution is -0.137. The largest absolute Gasteiger partial charge is 0.481 e. The van der Waals surface area contributed by atoms with Crippen LogP contribution in [0.3, 0.4) is 0 Å². The Bertz CT molecular complexity index is 1680. The second-order valence-corrected chi connectivity index (χ2v) is 10.7. The predicted octanol–water partition coefficient (Wildman–Crippen LogP) is 7.10. The number of fused-ring (bicyclic) bond motifs is 1. The monoisotopic (exact) mass is 550 g/mol. The van der Waals surface area contributed by atoms with Crippen molar-refractivity contribution >= 4 is 22.8 Å². The zero-order valence-electron chi connectivity index (χ0n) is 23.7. The second kappa shape index (κ2) is 11.8. The van der Waals surface area contributed by atoms with Gasteiger partial charge in [-0.1, -0.05) is 65.3 Å². The summed E-state index contributed by atoms with van der Waals surface area (Å²) < 4.78 is 11.6. The van der Waals surface area contributed by atoms with E-state index in [2.05, 4.69) is 42.5 Å². The van der Waals surface area contributed by atoms with Crippen molar-refractivity contribution in [3.8, 4) is 0 Å². The number of aliphatic carboxylic acids is 1. The molecule has 2 aromatic heterocycles. The molecule has 0 spiro atoms. The summed E-state index contributed by atoms with van der Waals surface area (Å²) in [5.41, 5.74) is 7.49. The third-order valence-electron chi connectivity index (χ3n) is 7.57. The number of carboxylic acids is 1. The molecule has 5 aromatic rings. The number of furan rings is 1. The Morgan fingerprint density at radius 2 is 1.73 bits per heavy atom. The number of carbonyl (C=O) groups excluding carboxylic acids is 1. The number of amides is 1. The highest BCUT2D eigenvalue weighted by Crippen LogP contribution is 2.37. The third-order valence-corrected chi connectivity index (χ3v) is 7.57. The smallest absolute Gasteiger partial charge is 0.303 e. The van der Waals surface area contributed by atoms with Gasteiger partial charge in [-0.3, -0.25) is 9.59 Å². The summed E-state index contributed by atoms with van der Waals surface area (Å²) in [7, 11) is 0. The maximum atomic E-state index is 13.4. The first-order valence-electron chi connectivity index (χ1n) is 13.8. The van der Waals surface area contributed by atoms with Gasteiger partial charge in [0.2, 0.25) is 5.91 Å². The number of hydrogen-bond donors (Lipinski definition) is 2. The molecule has 2 atom stereocenters. The lowest BCUT2D eigenvalue weighted by atomic mass is 9.90. The van der Waals surface area contributed by atoms with Crippen molar-refractivity contribution in [1.82, 2.24) is 10.5 Å². The summed E-state index contributed by atoms with van der Waals surface area (Å²) in [4.78, 5) is 24.7. The highest BCUT2D eigenvalue weighted by atomic mass is 16.5. The number of aromatic nitrogens is 1. The minimum atomic E-state index is -0.874. The minimum Gasteiger partial charge on any atom is -0.481 e. The lowest BCUT2D eigenvalue weighted by Gasteiger charge is -2.22. The fourth-order valence-corrected chi connectivity index (χ4v) is 5.61. The Morgan fingerprint density at radius 1 is 0.951 bits per heavy atom. The fourth-order valence-electron chi connectivity index (χ4n) is 5.61. The van der Waals surface area contributed by atoms with Gasteiger partial charge in [0, 0.05) is 23.3 Å².